The molecule has 0 rings (SSSR count). The molecule has 74 valence electrons. The molecule has 0 aromatic carbocycles. The quantitative estimate of drug-likeness (QED) is 0.458. The number of rotatable bonds is 6. The summed E-state index contributed by atoms with van der Waals surface area (Å²) in [4.78, 5) is 22.3. The first-order valence-electron chi connectivity index (χ1n) is 3.75. The molecule has 0 aliphatic heterocycles. The molecule has 13 heavy (non-hydrogen) atoms. The minimum absolute atomic E-state index is 0.0638. The number of aliphatic carboxylic acids is 1. The van der Waals surface area contributed by atoms with Crippen LogP contribution in [0.2, 0.25) is 0 Å². The van der Waals surface area contributed by atoms with Gasteiger partial charge in [0.2, 0.25) is 0 Å². The fourth-order valence-corrected chi connectivity index (χ4v) is 0.671. The molecule has 0 radical (unpaired) electrons. The number of carbonyl (C=O) groups is 2. The van der Waals surface area contributed by atoms with Gasteiger partial charge in [-0.3, -0.25) is 9.69 Å². The monoisotopic (exact) mass is 187 g/mol. The van der Waals surface area contributed by atoms with E-state index in [4.69, 9.17) is 5.11 Å². The van der Waals surface area contributed by atoms with Crippen molar-refractivity contribution in [1.29, 1.82) is 0 Å². The summed E-state index contributed by atoms with van der Waals surface area (Å²) in [5.41, 5.74) is 0. The van der Waals surface area contributed by atoms with Gasteiger partial charge in [0.1, 0.15) is 6.61 Å². The summed E-state index contributed by atoms with van der Waals surface area (Å²) in [6.07, 6.45) is 1.07. The van der Waals surface area contributed by atoms with E-state index in [-0.39, 0.29) is 13.2 Å². The van der Waals surface area contributed by atoms with Gasteiger partial charge in [-0.05, 0) is 7.05 Å². The van der Waals surface area contributed by atoms with Crippen LogP contribution in [0.1, 0.15) is 0 Å². The summed E-state index contributed by atoms with van der Waals surface area (Å²) in [7, 11) is 1.63. The van der Waals surface area contributed by atoms with E-state index in [1.165, 1.54) is 0 Å². The molecule has 0 aliphatic carbocycles. The van der Waals surface area contributed by atoms with Gasteiger partial charge in [-0.2, -0.15) is 0 Å². The van der Waals surface area contributed by atoms with Gasteiger partial charge in [-0.25, -0.2) is 4.79 Å². The molecule has 5 heteroatoms. The van der Waals surface area contributed by atoms with Crippen molar-refractivity contribution in [3.8, 4) is 0 Å². The van der Waals surface area contributed by atoms with Crippen LogP contribution in [0.25, 0.3) is 0 Å². The normalized spacial score (nSPS) is 9.69. The second-order valence-corrected chi connectivity index (χ2v) is 2.50. The molecule has 0 atom stereocenters. The number of nitrogens with zero attached hydrogens (tertiary/aromatic N) is 1. The minimum atomic E-state index is -0.905. The molecule has 0 unspecified atom stereocenters. The SMILES string of the molecule is C=CC(=O)OCCN(C)CC(=O)O. The van der Waals surface area contributed by atoms with Crippen LogP contribution in [0.4, 0.5) is 0 Å². The van der Waals surface area contributed by atoms with Gasteiger partial charge in [0.25, 0.3) is 0 Å². The van der Waals surface area contributed by atoms with Crippen molar-refractivity contribution in [1.82, 2.24) is 4.90 Å². The highest BCUT2D eigenvalue weighted by atomic mass is 16.5. The summed E-state index contributed by atoms with van der Waals surface area (Å²) in [5, 5.41) is 8.37. The maximum absolute atomic E-state index is 10.5. The van der Waals surface area contributed by atoms with E-state index in [9.17, 15) is 9.59 Å². The first-order chi connectivity index (χ1) is 6.06. The lowest BCUT2D eigenvalue weighted by molar-refractivity contribution is -0.139. The highest BCUT2D eigenvalue weighted by Gasteiger charge is 2.04. The van der Waals surface area contributed by atoms with Gasteiger partial charge in [0.15, 0.2) is 0 Å². The molecule has 5 nitrogen and oxygen atoms in total. The predicted molar refractivity (Wildman–Crippen MR) is 46.3 cm³/mol. The third kappa shape index (κ3) is 7.02. The van der Waals surface area contributed by atoms with E-state index < -0.39 is 11.9 Å². The molecule has 0 bridgehead atoms. The Hall–Kier alpha value is -1.36. The third-order valence-electron chi connectivity index (χ3n) is 1.29. The Bertz CT molecular complexity index is 202. The lowest BCUT2D eigenvalue weighted by Gasteiger charge is -2.12. The van der Waals surface area contributed by atoms with Gasteiger partial charge in [-0.15, -0.1) is 0 Å². The summed E-state index contributed by atoms with van der Waals surface area (Å²) in [6, 6.07) is 0. The van der Waals surface area contributed by atoms with Crippen LogP contribution in [0.15, 0.2) is 12.7 Å². The summed E-state index contributed by atoms with van der Waals surface area (Å²) >= 11 is 0. The Morgan fingerprint density at radius 2 is 2.23 bits per heavy atom. The van der Waals surface area contributed by atoms with Crippen LogP contribution in [-0.4, -0.2) is 48.7 Å². The molecule has 0 aliphatic rings. The largest absolute Gasteiger partial charge is 0.480 e. The minimum Gasteiger partial charge on any atom is -0.480 e. The summed E-state index contributed by atoms with van der Waals surface area (Å²) < 4.78 is 4.65. The zero-order valence-corrected chi connectivity index (χ0v) is 7.52. The number of likely N-dealkylation sites (N-methyl/N-ethyl adjacent to an activating group) is 1. The summed E-state index contributed by atoms with van der Waals surface area (Å²) in [6.45, 7) is 3.73. The maximum Gasteiger partial charge on any atom is 0.330 e. The first-order valence-corrected chi connectivity index (χ1v) is 3.75. The van der Waals surface area contributed by atoms with Crippen LogP contribution in [0.5, 0.6) is 0 Å². The van der Waals surface area contributed by atoms with E-state index in [1.807, 2.05) is 0 Å². The fourth-order valence-electron chi connectivity index (χ4n) is 0.671. The predicted octanol–water partition coefficient (Wildman–Crippen LogP) is -0.268. The standard InChI is InChI=1S/C8H13NO4/c1-3-8(12)13-5-4-9(2)6-7(10)11/h3H,1,4-6H2,2H3,(H,10,11). The van der Waals surface area contributed by atoms with Crippen molar-refractivity contribution in [2.45, 2.75) is 0 Å². The number of carbonyl (C=O) groups excluding carboxylic acids is 1. The number of esters is 1. The van der Waals surface area contributed by atoms with E-state index in [2.05, 4.69) is 11.3 Å². The molecule has 0 aromatic rings. The van der Waals surface area contributed by atoms with Gasteiger partial charge in [0, 0.05) is 12.6 Å². The van der Waals surface area contributed by atoms with Gasteiger partial charge >= 0.3 is 11.9 Å². The van der Waals surface area contributed by atoms with Crippen molar-refractivity contribution in [2.75, 3.05) is 26.7 Å². The zero-order valence-electron chi connectivity index (χ0n) is 7.52. The second-order valence-electron chi connectivity index (χ2n) is 2.50. The van der Waals surface area contributed by atoms with E-state index in [0.717, 1.165) is 6.08 Å². The number of carboxylic acid groups (broad SMARTS) is 1. The van der Waals surface area contributed by atoms with Crippen LogP contribution in [0.3, 0.4) is 0 Å². The Labute approximate surface area is 76.6 Å². The van der Waals surface area contributed by atoms with Gasteiger partial charge in [-0.1, -0.05) is 6.58 Å². The Balaban J connectivity index is 3.47. The zero-order chi connectivity index (χ0) is 10.3. The van der Waals surface area contributed by atoms with E-state index in [1.54, 1.807) is 11.9 Å². The van der Waals surface area contributed by atoms with Crippen molar-refractivity contribution in [3.63, 3.8) is 0 Å². The Kier molecular flexibility index (Phi) is 5.54. The molecular formula is C8H13NO4. The lowest BCUT2D eigenvalue weighted by atomic mass is 10.5. The molecule has 1 N–H and O–H groups in total. The molecular weight excluding hydrogens is 174 g/mol. The number of ether oxygens (including phenoxy) is 1. The Morgan fingerprint density at radius 3 is 2.69 bits per heavy atom. The molecule has 0 amide bonds. The average Bonchev–Trinajstić information content (AvgIpc) is 2.02. The van der Waals surface area contributed by atoms with Crippen LogP contribution >= 0.6 is 0 Å². The Morgan fingerprint density at radius 1 is 1.62 bits per heavy atom. The first kappa shape index (κ1) is 11.6. The smallest absolute Gasteiger partial charge is 0.330 e. The average molecular weight is 187 g/mol. The lowest BCUT2D eigenvalue weighted by Crippen LogP contribution is -2.29. The van der Waals surface area contributed by atoms with E-state index in [0.29, 0.717) is 6.54 Å². The molecule has 0 saturated heterocycles. The summed E-state index contributed by atoms with van der Waals surface area (Å²) in [5.74, 6) is -1.40. The highest BCUT2D eigenvalue weighted by Crippen LogP contribution is 1.84. The number of hydrogen-bond donors (Lipinski definition) is 1. The van der Waals surface area contributed by atoms with Crippen molar-refractivity contribution in [3.05, 3.63) is 12.7 Å². The second kappa shape index (κ2) is 6.19. The van der Waals surface area contributed by atoms with E-state index >= 15 is 0 Å². The third-order valence-corrected chi connectivity index (χ3v) is 1.29. The molecule has 0 fully saturated rings. The maximum atomic E-state index is 10.5. The molecule has 0 saturated carbocycles. The van der Waals surface area contributed by atoms with Crippen molar-refractivity contribution in [2.24, 2.45) is 0 Å². The van der Waals surface area contributed by atoms with Crippen molar-refractivity contribution < 1.29 is 19.4 Å². The highest BCUT2D eigenvalue weighted by molar-refractivity contribution is 5.81. The fraction of sp³-hybridized carbons (Fsp3) is 0.500. The number of hydrogen-bond acceptors (Lipinski definition) is 4. The molecule has 0 spiro atoms. The van der Waals surface area contributed by atoms with Gasteiger partial charge < -0.3 is 9.84 Å². The van der Waals surface area contributed by atoms with Crippen LogP contribution in [0, 0.1) is 0 Å². The number of carboxylic acids is 1. The topological polar surface area (TPSA) is 66.8 Å². The van der Waals surface area contributed by atoms with Crippen LogP contribution < -0.4 is 0 Å². The molecule has 0 heterocycles. The van der Waals surface area contributed by atoms with Crippen molar-refractivity contribution >= 4 is 11.9 Å². The van der Waals surface area contributed by atoms with Crippen LogP contribution in [-0.2, 0) is 14.3 Å². The van der Waals surface area contributed by atoms with Gasteiger partial charge in [0.05, 0.1) is 6.54 Å². The molecule has 0 aromatic heterocycles.